The number of carboxylic acid groups (broad SMARTS) is 1. The Balaban J connectivity index is 0.000000472. The number of aliphatic hydroxyl groups is 1. The quantitative estimate of drug-likeness (QED) is 0.308. The first-order valence-electron chi connectivity index (χ1n) is 9.13. The second kappa shape index (κ2) is 6.28. The molecule has 3 saturated heterocycles. The number of piperazine rings is 1. The van der Waals surface area contributed by atoms with Gasteiger partial charge in [0, 0.05) is 30.8 Å². The summed E-state index contributed by atoms with van der Waals surface area (Å²) in [6.45, 7) is 2.41. The molecule has 154 valence electrons. The average Bonchev–Trinajstić information content (AvgIpc) is 3.56. The van der Waals surface area contributed by atoms with Gasteiger partial charge in [0.05, 0.1) is 42.6 Å². The lowest BCUT2D eigenvalue weighted by Crippen LogP contribution is -2.54. The van der Waals surface area contributed by atoms with Crippen LogP contribution in [-0.4, -0.2) is 88.3 Å². The molecule has 11 nitrogen and oxygen atoms in total. The zero-order chi connectivity index (χ0) is 21.2. The number of ether oxygens (including phenoxy) is 1. The van der Waals surface area contributed by atoms with Crippen LogP contribution in [0.3, 0.4) is 0 Å². The van der Waals surface area contributed by atoms with Crippen LogP contribution in [0.2, 0.25) is 0 Å². The first-order chi connectivity index (χ1) is 13.7. The van der Waals surface area contributed by atoms with E-state index in [1.54, 1.807) is 18.9 Å². The SMILES string of the molecule is COC12C(CO)C3=C(C(=O)C(C)=C(N4CC4C#N)C3=O)N1CC1NC12.NC(=O)O. The molecule has 5 atom stereocenters. The first kappa shape index (κ1) is 19.4. The van der Waals surface area contributed by atoms with Crippen LogP contribution in [0.4, 0.5) is 4.79 Å². The van der Waals surface area contributed by atoms with E-state index in [1.807, 2.05) is 4.90 Å². The standard InChI is InChI=1S/C17H18N4O4.CH3NO2/c1-7-12(20-4-8(20)3-18)15(24)11-9(6-22)17(25-2)16-10(19-16)5-21(17)13(11)14(7)23;2-1(3)4/h8-10,16,19,22H,4-6H2,1-2H3;2H2,(H,3,4). The van der Waals surface area contributed by atoms with Crippen LogP contribution in [0.15, 0.2) is 22.5 Å². The number of nitrogens with zero attached hydrogens (tertiary/aromatic N) is 3. The Morgan fingerprint density at radius 1 is 1.38 bits per heavy atom. The van der Waals surface area contributed by atoms with Gasteiger partial charge >= 0.3 is 6.09 Å². The Bertz CT molecular complexity index is 932. The summed E-state index contributed by atoms with van der Waals surface area (Å²) in [7, 11) is 1.56. The molecule has 5 rings (SSSR count). The molecule has 4 aliphatic heterocycles. The van der Waals surface area contributed by atoms with Gasteiger partial charge in [0.2, 0.25) is 11.6 Å². The maximum absolute atomic E-state index is 13.3. The van der Waals surface area contributed by atoms with E-state index in [0.717, 1.165) is 0 Å². The number of hydrogen-bond donors (Lipinski definition) is 4. The van der Waals surface area contributed by atoms with Crippen molar-refractivity contribution in [2.24, 2.45) is 11.7 Å². The van der Waals surface area contributed by atoms with E-state index >= 15 is 0 Å². The van der Waals surface area contributed by atoms with E-state index in [0.29, 0.717) is 35.6 Å². The normalized spacial score (nSPS) is 36.2. The van der Waals surface area contributed by atoms with Crippen molar-refractivity contribution in [2.45, 2.75) is 30.8 Å². The van der Waals surface area contributed by atoms with Crippen LogP contribution in [-0.2, 0) is 14.3 Å². The zero-order valence-corrected chi connectivity index (χ0v) is 15.9. The van der Waals surface area contributed by atoms with E-state index in [-0.39, 0.29) is 36.3 Å². The topological polar surface area (TPSA) is 179 Å². The fraction of sp³-hybridized carbons (Fsp3) is 0.556. The van der Waals surface area contributed by atoms with E-state index < -0.39 is 17.7 Å². The molecule has 29 heavy (non-hydrogen) atoms. The van der Waals surface area contributed by atoms with Gasteiger partial charge in [-0.1, -0.05) is 0 Å². The summed E-state index contributed by atoms with van der Waals surface area (Å²) in [6.07, 6.45) is -1.33. The molecule has 1 aliphatic carbocycles. The molecule has 0 radical (unpaired) electrons. The summed E-state index contributed by atoms with van der Waals surface area (Å²) >= 11 is 0. The lowest BCUT2D eigenvalue weighted by Gasteiger charge is -2.39. The monoisotopic (exact) mass is 403 g/mol. The van der Waals surface area contributed by atoms with Crippen molar-refractivity contribution in [3.05, 3.63) is 22.5 Å². The second-order valence-electron chi connectivity index (χ2n) is 7.58. The van der Waals surface area contributed by atoms with Crippen LogP contribution in [0.25, 0.3) is 0 Å². The molecule has 0 aromatic rings. The summed E-state index contributed by atoms with van der Waals surface area (Å²) in [6, 6.07) is 1.97. The van der Waals surface area contributed by atoms with Crippen LogP contribution in [0.1, 0.15) is 6.92 Å². The van der Waals surface area contributed by atoms with Crippen LogP contribution in [0.5, 0.6) is 0 Å². The van der Waals surface area contributed by atoms with Crippen molar-refractivity contribution < 1.29 is 29.3 Å². The number of carbonyl (C=O) groups excluding carboxylic acids is 2. The highest BCUT2D eigenvalue weighted by Crippen LogP contribution is 2.56. The molecular weight excluding hydrogens is 382 g/mol. The van der Waals surface area contributed by atoms with E-state index in [4.69, 9.17) is 19.9 Å². The molecule has 0 saturated carbocycles. The Labute approximate surface area is 166 Å². The third-order valence-electron chi connectivity index (χ3n) is 6.24. The molecule has 5 aliphatic rings. The Morgan fingerprint density at radius 2 is 2.03 bits per heavy atom. The number of amides is 1. The van der Waals surface area contributed by atoms with E-state index in [2.05, 4.69) is 17.1 Å². The maximum atomic E-state index is 13.3. The van der Waals surface area contributed by atoms with E-state index in [9.17, 15) is 14.7 Å². The summed E-state index contributed by atoms with van der Waals surface area (Å²) in [4.78, 5) is 38.7. The van der Waals surface area contributed by atoms with Gasteiger partial charge in [-0.3, -0.25) is 9.59 Å². The van der Waals surface area contributed by atoms with Gasteiger partial charge in [0.1, 0.15) is 6.04 Å². The summed E-state index contributed by atoms with van der Waals surface area (Å²) in [5.41, 5.74) is 4.53. The lowest BCUT2D eigenvalue weighted by atomic mass is 9.82. The van der Waals surface area contributed by atoms with Crippen LogP contribution in [0, 0.1) is 17.2 Å². The average molecular weight is 403 g/mol. The summed E-state index contributed by atoms with van der Waals surface area (Å²) in [5, 5.41) is 29.7. The molecule has 0 aromatic heterocycles. The van der Waals surface area contributed by atoms with Crippen molar-refractivity contribution in [2.75, 3.05) is 26.8 Å². The number of nitriles is 1. The van der Waals surface area contributed by atoms with Crippen molar-refractivity contribution >= 4 is 17.7 Å². The van der Waals surface area contributed by atoms with Gasteiger partial charge in [-0.05, 0) is 6.92 Å². The molecule has 0 aromatic carbocycles. The molecule has 5 unspecified atom stereocenters. The van der Waals surface area contributed by atoms with Gasteiger partial charge < -0.3 is 35.8 Å². The minimum atomic E-state index is -1.33. The Kier molecular flexibility index (Phi) is 4.20. The van der Waals surface area contributed by atoms with Crippen molar-refractivity contribution in [1.29, 1.82) is 5.26 Å². The molecule has 1 amide bonds. The molecule has 0 bridgehead atoms. The summed E-state index contributed by atoms with van der Waals surface area (Å²) < 4.78 is 5.83. The number of primary amides is 1. The Morgan fingerprint density at radius 3 is 2.55 bits per heavy atom. The maximum Gasteiger partial charge on any atom is 0.402 e. The number of allylic oxidation sites excluding steroid dienone is 2. The number of Topliss-reactive ketones (excluding diaryl/α,β-unsaturated/α-hetero) is 2. The lowest BCUT2D eigenvalue weighted by molar-refractivity contribution is -0.137. The van der Waals surface area contributed by atoms with Crippen LogP contribution >= 0.6 is 0 Å². The largest absolute Gasteiger partial charge is 0.465 e. The van der Waals surface area contributed by atoms with Crippen molar-refractivity contribution in [3.63, 3.8) is 0 Å². The molecule has 11 heteroatoms. The number of rotatable bonds is 3. The number of methoxy groups -OCH3 is 1. The molecule has 4 heterocycles. The van der Waals surface area contributed by atoms with Crippen molar-refractivity contribution in [3.8, 4) is 6.07 Å². The Hall–Kier alpha value is -2.94. The molecule has 3 fully saturated rings. The van der Waals surface area contributed by atoms with Crippen LogP contribution < -0.4 is 11.1 Å². The number of fused-ring (bicyclic) bond motifs is 4. The highest BCUT2D eigenvalue weighted by Gasteiger charge is 2.72. The number of aliphatic hydroxyl groups excluding tert-OH is 1. The zero-order valence-electron chi connectivity index (χ0n) is 15.9. The highest BCUT2D eigenvalue weighted by molar-refractivity contribution is 6.25. The molecule has 5 N–H and O–H groups in total. The van der Waals surface area contributed by atoms with Gasteiger partial charge in [-0.2, -0.15) is 5.26 Å². The number of nitrogens with two attached hydrogens (primary N) is 1. The smallest absolute Gasteiger partial charge is 0.402 e. The van der Waals surface area contributed by atoms with Crippen molar-refractivity contribution in [1.82, 2.24) is 15.1 Å². The first-order valence-corrected chi connectivity index (χ1v) is 9.13. The predicted molar refractivity (Wildman–Crippen MR) is 95.8 cm³/mol. The minimum absolute atomic E-state index is 0.00214. The fourth-order valence-electron chi connectivity index (χ4n) is 4.97. The van der Waals surface area contributed by atoms with Gasteiger partial charge in [-0.15, -0.1) is 0 Å². The predicted octanol–water partition coefficient (Wildman–Crippen LogP) is -1.88. The second-order valence-corrected chi connectivity index (χ2v) is 7.58. The van der Waals surface area contributed by atoms with Gasteiger partial charge in [0.25, 0.3) is 0 Å². The summed E-state index contributed by atoms with van der Waals surface area (Å²) in [5.74, 6) is -1.05. The third-order valence-corrected chi connectivity index (χ3v) is 6.24. The number of ketones is 2. The fourth-order valence-corrected chi connectivity index (χ4v) is 4.97. The highest BCUT2D eigenvalue weighted by atomic mass is 16.5. The molecular formula is C18H21N5O6. The van der Waals surface area contributed by atoms with Gasteiger partial charge in [0.15, 0.2) is 5.72 Å². The number of hydrogen-bond acceptors (Lipinski definition) is 9. The van der Waals surface area contributed by atoms with Gasteiger partial charge in [-0.25, -0.2) is 4.79 Å². The minimum Gasteiger partial charge on any atom is -0.465 e. The number of nitrogens with one attached hydrogen (secondary N) is 1. The van der Waals surface area contributed by atoms with E-state index in [1.165, 1.54) is 0 Å². The number of carbonyl (C=O) groups is 3. The molecule has 0 spiro atoms. The third kappa shape index (κ3) is 2.43.